The Labute approximate surface area is 212 Å². The van der Waals surface area contributed by atoms with Gasteiger partial charge in [0.15, 0.2) is 17.6 Å². The first-order valence-corrected chi connectivity index (χ1v) is 11.7. The van der Waals surface area contributed by atoms with Crippen molar-refractivity contribution in [3.63, 3.8) is 0 Å². The minimum atomic E-state index is -4.98. The van der Waals surface area contributed by atoms with Crippen molar-refractivity contribution in [2.45, 2.75) is 37.5 Å². The molecule has 3 aromatic rings. The second-order valence-electron chi connectivity index (χ2n) is 9.78. The minimum Gasteiger partial charge on any atom is -0.496 e. The molecular weight excluding hydrogens is 492 g/mol. The van der Waals surface area contributed by atoms with Crippen molar-refractivity contribution in [2.75, 3.05) is 36.5 Å². The van der Waals surface area contributed by atoms with Gasteiger partial charge in [-0.05, 0) is 42.2 Å². The molecule has 2 aromatic carbocycles. The number of carbonyl (C=O) groups is 1. The van der Waals surface area contributed by atoms with Crippen LogP contribution in [0.25, 0.3) is 0 Å². The Hall–Kier alpha value is -3.53. The van der Waals surface area contributed by atoms with Gasteiger partial charge in [0.05, 0.1) is 37.0 Å². The van der Waals surface area contributed by atoms with Crippen LogP contribution in [0, 0.1) is 5.82 Å². The zero-order valence-electron chi connectivity index (χ0n) is 20.7. The molecular formula is C27H28F4N2O4. The third-order valence-corrected chi connectivity index (χ3v) is 6.78. The Morgan fingerprint density at radius 3 is 2.41 bits per heavy atom. The standard InChI is InChI=1S/C27H28F4N2O4/c1-25(2,19-14-18(28)8-9-23(19)36-3)16-26(35,27(29,30)31)17-32-11-12-33(21-7-5-4-6-20(21)32)22-10-13-37-24(22)15-34/h4-10,13-15,35H,11-12,16-17H2,1-3H3. The lowest BCUT2D eigenvalue weighted by molar-refractivity contribution is -0.262. The molecule has 1 unspecified atom stereocenters. The molecule has 1 aromatic heterocycles. The van der Waals surface area contributed by atoms with Gasteiger partial charge in [0.1, 0.15) is 11.6 Å². The highest BCUT2D eigenvalue weighted by Crippen LogP contribution is 2.46. The molecule has 37 heavy (non-hydrogen) atoms. The number of alkyl halides is 3. The molecule has 6 nitrogen and oxygen atoms in total. The number of fused-ring (bicyclic) bond motifs is 1. The zero-order chi connectivity index (χ0) is 27.0. The van der Waals surface area contributed by atoms with Crippen molar-refractivity contribution in [1.82, 2.24) is 0 Å². The summed E-state index contributed by atoms with van der Waals surface area (Å²) in [5.74, 6) is -0.264. The van der Waals surface area contributed by atoms with E-state index in [9.17, 15) is 27.5 Å². The van der Waals surface area contributed by atoms with E-state index in [1.54, 1.807) is 35.2 Å². The molecule has 1 atom stereocenters. The number of furan rings is 1. The molecule has 0 fully saturated rings. The van der Waals surface area contributed by atoms with Gasteiger partial charge in [-0.3, -0.25) is 4.79 Å². The summed E-state index contributed by atoms with van der Waals surface area (Å²) >= 11 is 0. The molecule has 0 aliphatic carbocycles. The molecule has 0 saturated carbocycles. The van der Waals surface area contributed by atoms with Crippen LogP contribution in [0.4, 0.5) is 34.6 Å². The van der Waals surface area contributed by atoms with Gasteiger partial charge >= 0.3 is 6.18 Å². The highest BCUT2D eigenvalue weighted by molar-refractivity contribution is 5.87. The van der Waals surface area contributed by atoms with Crippen LogP contribution in [-0.4, -0.2) is 49.9 Å². The van der Waals surface area contributed by atoms with Gasteiger partial charge in [-0.15, -0.1) is 0 Å². The molecule has 2 heterocycles. The summed E-state index contributed by atoms with van der Waals surface area (Å²) in [6.45, 7) is 2.70. The number of rotatable bonds is 8. The van der Waals surface area contributed by atoms with Gasteiger partial charge in [-0.1, -0.05) is 26.0 Å². The van der Waals surface area contributed by atoms with E-state index in [1.165, 1.54) is 44.3 Å². The van der Waals surface area contributed by atoms with Crippen molar-refractivity contribution in [1.29, 1.82) is 0 Å². The van der Waals surface area contributed by atoms with Gasteiger partial charge in [-0.2, -0.15) is 13.2 Å². The van der Waals surface area contributed by atoms with Crippen LogP contribution in [0.15, 0.2) is 59.2 Å². The number of ether oxygens (including phenoxy) is 1. The van der Waals surface area contributed by atoms with Gasteiger partial charge in [-0.25, -0.2) is 4.39 Å². The van der Waals surface area contributed by atoms with E-state index >= 15 is 0 Å². The third kappa shape index (κ3) is 5.02. The number of halogens is 4. The first-order valence-electron chi connectivity index (χ1n) is 11.7. The lowest BCUT2D eigenvalue weighted by atomic mass is 9.74. The number of methoxy groups -OCH3 is 1. The summed E-state index contributed by atoms with van der Waals surface area (Å²) in [7, 11) is 1.36. The van der Waals surface area contributed by atoms with Crippen LogP contribution in [0.1, 0.15) is 36.4 Å². The number of aldehydes is 1. The normalized spacial score (nSPS) is 15.8. The van der Waals surface area contributed by atoms with Crippen LogP contribution in [0.2, 0.25) is 0 Å². The maximum Gasteiger partial charge on any atom is 0.418 e. The topological polar surface area (TPSA) is 66.2 Å². The van der Waals surface area contributed by atoms with Crippen molar-refractivity contribution >= 4 is 23.3 Å². The molecule has 198 valence electrons. The van der Waals surface area contributed by atoms with E-state index in [4.69, 9.17) is 9.15 Å². The molecule has 0 bridgehead atoms. The highest BCUT2D eigenvalue weighted by atomic mass is 19.4. The summed E-state index contributed by atoms with van der Waals surface area (Å²) in [5, 5.41) is 11.2. The van der Waals surface area contributed by atoms with Crippen LogP contribution in [-0.2, 0) is 5.41 Å². The van der Waals surface area contributed by atoms with Crippen molar-refractivity contribution < 1.29 is 36.6 Å². The molecule has 4 rings (SSSR count). The first kappa shape index (κ1) is 26.5. The lowest BCUT2D eigenvalue weighted by Crippen LogP contribution is -2.58. The van der Waals surface area contributed by atoms with Crippen molar-refractivity contribution in [2.24, 2.45) is 0 Å². The van der Waals surface area contributed by atoms with Crippen LogP contribution < -0.4 is 14.5 Å². The minimum absolute atomic E-state index is 0.112. The van der Waals surface area contributed by atoms with Crippen LogP contribution >= 0.6 is 0 Å². The largest absolute Gasteiger partial charge is 0.496 e. The van der Waals surface area contributed by atoms with Crippen LogP contribution in [0.5, 0.6) is 5.75 Å². The van der Waals surface area contributed by atoms with Crippen molar-refractivity contribution in [3.8, 4) is 5.75 Å². The number of anilines is 3. The van der Waals surface area contributed by atoms with Gasteiger partial charge in [0.25, 0.3) is 0 Å². The lowest BCUT2D eigenvalue weighted by Gasteiger charge is -2.44. The molecule has 0 saturated heterocycles. The monoisotopic (exact) mass is 520 g/mol. The second-order valence-corrected chi connectivity index (χ2v) is 9.78. The Kier molecular flexibility index (Phi) is 6.98. The summed E-state index contributed by atoms with van der Waals surface area (Å²) in [6, 6.07) is 12.1. The smallest absolute Gasteiger partial charge is 0.418 e. The van der Waals surface area contributed by atoms with Crippen molar-refractivity contribution in [3.05, 3.63) is 71.9 Å². The van der Waals surface area contributed by atoms with Crippen LogP contribution in [0.3, 0.4) is 0 Å². The predicted molar refractivity (Wildman–Crippen MR) is 131 cm³/mol. The Bertz CT molecular complexity index is 1270. The summed E-state index contributed by atoms with van der Waals surface area (Å²) < 4.78 is 68.0. The first-order chi connectivity index (χ1) is 17.4. The number of benzene rings is 2. The van der Waals surface area contributed by atoms with Gasteiger partial charge in [0, 0.05) is 24.7 Å². The number of nitrogens with zero attached hydrogens (tertiary/aromatic N) is 2. The average molecular weight is 521 g/mol. The SMILES string of the molecule is COc1ccc(F)cc1C(C)(C)CC(O)(CN1CCN(c2ccoc2C=O)c2ccccc21)C(F)(F)F. The van der Waals surface area contributed by atoms with E-state index < -0.39 is 36.0 Å². The summed E-state index contributed by atoms with van der Waals surface area (Å²) in [6.07, 6.45) is -3.76. The quantitative estimate of drug-likeness (QED) is 0.297. The molecule has 0 amide bonds. The third-order valence-electron chi connectivity index (χ3n) is 6.78. The molecule has 0 radical (unpaired) electrons. The number of hydrogen-bond acceptors (Lipinski definition) is 6. The number of β-amino-alcohol motifs (C(OH)–C–C–N with tert-alkyl or cyclic N) is 1. The Balaban J connectivity index is 1.69. The maximum absolute atomic E-state index is 14.5. The van der Waals surface area contributed by atoms with E-state index in [2.05, 4.69) is 0 Å². The fourth-order valence-corrected chi connectivity index (χ4v) is 5.06. The molecule has 1 N–H and O–H groups in total. The maximum atomic E-state index is 14.5. The molecule has 1 aliphatic heterocycles. The van der Waals surface area contributed by atoms with E-state index in [0.29, 0.717) is 23.3 Å². The number of aliphatic hydroxyl groups is 1. The number of para-hydroxylation sites is 2. The van der Waals surface area contributed by atoms with Gasteiger partial charge in [0.2, 0.25) is 0 Å². The van der Waals surface area contributed by atoms with E-state index in [-0.39, 0.29) is 30.2 Å². The summed E-state index contributed by atoms with van der Waals surface area (Å²) in [5.41, 5.74) is -2.65. The Morgan fingerprint density at radius 1 is 1.05 bits per heavy atom. The average Bonchev–Trinajstić information content (AvgIpc) is 3.32. The van der Waals surface area contributed by atoms with E-state index in [0.717, 1.165) is 6.07 Å². The molecule has 0 spiro atoms. The fourth-order valence-electron chi connectivity index (χ4n) is 5.06. The highest BCUT2D eigenvalue weighted by Gasteiger charge is 2.57. The zero-order valence-corrected chi connectivity index (χ0v) is 20.7. The number of hydrogen-bond donors (Lipinski definition) is 1. The fraction of sp³-hybridized carbons (Fsp3) is 0.370. The summed E-state index contributed by atoms with van der Waals surface area (Å²) in [4.78, 5) is 14.7. The van der Waals surface area contributed by atoms with E-state index in [1.807, 2.05) is 0 Å². The van der Waals surface area contributed by atoms with Gasteiger partial charge < -0.3 is 24.1 Å². The number of carbonyl (C=O) groups excluding carboxylic acids is 1. The second kappa shape index (κ2) is 9.74. The molecule has 1 aliphatic rings. The molecule has 10 heteroatoms. The predicted octanol–water partition coefficient (Wildman–Crippen LogP) is 5.86. The Morgan fingerprint density at radius 2 is 1.76 bits per heavy atom.